The lowest BCUT2D eigenvalue weighted by Gasteiger charge is -2.12. The molecular weight excluding hydrogens is 392 g/mol. The summed E-state index contributed by atoms with van der Waals surface area (Å²) >= 11 is 0. The third-order valence-electron chi connectivity index (χ3n) is 4.95. The molecule has 0 radical (unpaired) electrons. The second-order valence-electron chi connectivity index (χ2n) is 7.30. The Labute approximate surface area is 181 Å². The number of aromatic hydroxyl groups is 1. The minimum absolute atomic E-state index is 0.0678. The molecule has 0 amide bonds. The quantitative estimate of drug-likeness (QED) is 0.399. The number of hydrogen-bond acceptors (Lipinski definition) is 5. The number of phenolic OH excluding ortho intramolecular Hbond substituents is 1. The van der Waals surface area contributed by atoms with Gasteiger partial charge in [-0.25, -0.2) is 0 Å². The van der Waals surface area contributed by atoms with E-state index in [1.165, 1.54) is 0 Å². The number of H-pyrrole nitrogens is 1. The van der Waals surface area contributed by atoms with Gasteiger partial charge in [0.25, 0.3) is 0 Å². The summed E-state index contributed by atoms with van der Waals surface area (Å²) in [6, 6.07) is 18.8. The van der Waals surface area contributed by atoms with Crippen molar-refractivity contribution in [1.82, 2.24) is 10.2 Å². The predicted molar refractivity (Wildman–Crippen MR) is 119 cm³/mol. The first kappa shape index (κ1) is 20.3. The summed E-state index contributed by atoms with van der Waals surface area (Å²) in [5, 5.41) is 17.6. The summed E-state index contributed by atoms with van der Waals surface area (Å²) in [6.07, 6.45) is 1.60. The Balaban J connectivity index is 1.52. The van der Waals surface area contributed by atoms with E-state index in [2.05, 4.69) is 10.2 Å². The van der Waals surface area contributed by atoms with E-state index in [0.29, 0.717) is 29.4 Å². The Morgan fingerprint density at radius 1 is 0.935 bits per heavy atom. The molecule has 0 aliphatic carbocycles. The lowest BCUT2D eigenvalue weighted by Crippen LogP contribution is -1.96. The normalized spacial score (nSPS) is 10.7. The number of rotatable bonds is 7. The second-order valence-corrected chi connectivity index (χ2v) is 7.30. The Morgan fingerprint density at radius 3 is 2.61 bits per heavy atom. The highest BCUT2D eigenvalue weighted by atomic mass is 16.5. The summed E-state index contributed by atoms with van der Waals surface area (Å²) < 4.78 is 17.1. The molecule has 0 spiro atoms. The van der Waals surface area contributed by atoms with Gasteiger partial charge in [0.15, 0.2) is 5.75 Å². The molecule has 1 heterocycles. The van der Waals surface area contributed by atoms with Crippen molar-refractivity contribution in [2.24, 2.45) is 0 Å². The molecule has 0 fully saturated rings. The topological polar surface area (TPSA) is 76.6 Å². The number of nitrogens with one attached hydrogen (secondary N) is 1. The van der Waals surface area contributed by atoms with Crippen LogP contribution in [0.1, 0.15) is 16.7 Å². The molecule has 158 valence electrons. The summed E-state index contributed by atoms with van der Waals surface area (Å²) in [4.78, 5) is 0. The average Bonchev–Trinajstić information content (AvgIpc) is 3.23. The van der Waals surface area contributed by atoms with Crippen LogP contribution in [0.2, 0.25) is 0 Å². The Morgan fingerprint density at radius 2 is 1.81 bits per heavy atom. The molecule has 31 heavy (non-hydrogen) atoms. The third kappa shape index (κ3) is 4.64. The molecule has 0 bridgehead atoms. The van der Waals surface area contributed by atoms with Gasteiger partial charge in [-0.3, -0.25) is 5.10 Å². The monoisotopic (exact) mass is 416 g/mol. The van der Waals surface area contributed by atoms with E-state index in [-0.39, 0.29) is 5.75 Å². The van der Waals surface area contributed by atoms with Crippen molar-refractivity contribution < 1.29 is 19.3 Å². The Hall–Kier alpha value is -3.93. The molecular formula is C25H24N2O4. The summed E-state index contributed by atoms with van der Waals surface area (Å²) in [7, 11) is 1.63. The van der Waals surface area contributed by atoms with Crippen molar-refractivity contribution in [2.45, 2.75) is 20.5 Å². The van der Waals surface area contributed by atoms with Gasteiger partial charge in [-0.05, 0) is 60.9 Å². The van der Waals surface area contributed by atoms with Crippen LogP contribution in [0.4, 0.5) is 0 Å². The van der Waals surface area contributed by atoms with Crippen LogP contribution in [0.15, 0.2) is 66.9 Å². The van der Waals surface area contributed by atoms with Gasteiger partial charge in [-0.15, -0.1) is 0 Å². The van der Waals surface area contributed by atoms with Gasteiger partial charge in [0.2, 0.25) is 0 Å². The molecule has 0 saturated heterocycles. The number of phenols is 1. The van der Waals surface area contributed by atoms with Crippen molar-refractivity contribution in [3.63, 3.8) is 0 Å². The van der Waals surface area contributed by atoms with E-state index in [9.17, 15) is 5.11 Å². The second kappa shape index (κ2) is 8.83. The average molecular weight is 416 g/mol. The summed E-state index contributed by atoms with van der Waals surface area (Å²) in [5.41, 5.74) is 4.26. The van der Waals surface area contributed by atoms with E-state index < -0.39 is 0 Å². The van der Waals surface area contributed by atoms with Crippen molar-refractivity contribution >= 4 is 0 Å². The van der Waals surface area contributed by atoms with Crippen LogP contribution in [-0.2, 0) is 6.61 Å². The van der Waals surface area contributed by atoms with Crippen molar-refractivity contribution in [3.8, 4) is 40.0 Å². The van der Waals surface area contributed by atoms with Gasteiger partial charge in [0, 0.05) is 11.6 Å². The largest absolute Gasteiger partial charge is 0.507 e. The van der Waals surface area contributed by atoms with Crippen molar-refractivity contribution in [2.75, 3.05) is 7.11 Å². The highest BCUT2D eigenvalue weighted by molar-refractivity contribution is 5.73. The first-order valence-electron chi connectivity index (χ1n) is 9.91. The standard InChI is InChI=1S/C25H24N2O4/c1-16-7-8-17(2)23(11-16)31-24-14-26-27-25(24)21-10-9-20(13-22(21)28)30-15-18-5-4-6-19(12-18)29-3/h4-14,28H,15H2,1-3H3,(H,26,27). The van der Waals surface area contributed by atoms with Gasteiger partial charge in [-0.2, -0.15) is 5.10 Å². The number of ether oxygens (including phenoxy) is 3. The van der Waals surface area contributed by atoms with Crippen LogP contribution in [0.3, 0.4) is 0 Å². The first-order valence-corrected chi connectivity index (χ1v) is 9.91. The van der Waals surface area contributed by atoms with E-state index in [0.717, 1.165) is 28.2 Å². The zero-order chi connectivity index (χ0) is 21.8. The van der Waals surface area contributed by atoms with Crippen molar-refractivity contribution in [1.29, 1.82) is 0 Å². The van der Waals surface area contributed by atoms with Gasteiger partial charge < -0.3 is 19.3 Å². The van der Waals surface area contributed by atoms with Crippen LogP contribution in [0.25, 0.3) is 11.3 Å². The molecule has 4 rings (SSSR count). The fourth-order valence-corrected chi connectivity index (χ4v) is 3.22. The fraction of sp³-hybridized carbons (Fsp3) is 0.160. The molecule has 0 aliphatic heterocycles. The van der Waals surface area contributed by atoms with Gasteiger partial charge >= 0.3 is 0 Å². The van der Waals surface area contributed by atoms with E-state index in [4.69, 9.17) is 14.2 Å². The van der Waals surface area contributed by atoms with Gasteiger partial charge in [0.1, 0.15) is 35.3 Å². The molecule has 6 heteroatoms. The predicted octanol–water partition coefficient (Wildman–Crippen LogP) is 5.78. The maximum absolute atomic E-state index is 10.6. The fourth-order valence-electron chi connectivity index (χ4n) is 3.22. The molecule has 1 aromatic heterocycles. The highest BCUT2D eigenvalue weighted by Gasteiger charge is 2.15. The minimum Gasteiger partial charge on any atom is -0.507 e. The van der Waals surface area contributed by atoms with E-state index in [1.807, 2.05) is 56.3 Å². The molecule has 0 saturated carbocycles. The van der Waals surface area contributed by atoms with E-state index in [1.54, 1.807) is 31.5 Å². The smallest absolute Gasteiger partial charge is 0.173 e. The van der Waals surface area contributed by atoms with Crippen LogP contribution in [-0.4, -0.2) is 22.4 Å². The van der Waals surface area contributed by atoms with Gasteiger partial charge in [-0.1, -0.05) is 24.3 Å². The number of aromatic nitrogens is 2. The Kier molecular flexibility index (Phi) is 5.80. The molecule has 2 N–H and O–H groups in total. The summed E-state index contributed by atoms with van der Waals surface area (Å²) in [5.74, 6) is 2.68. The molecule has 0 aliphatic rings. The van der Waals surface area contributed by atoms with Crippen LogP contribution < -0.4 is 14.2 Å². The third-order valence-corrected chi connectivity index (χ3v) is 4.95. The highest BCUT2D eigenvalue weighted by Crippen LogP contribution is 2.38. The molecule has 0 atom stereocenters. The number of hydrogen-bond donors (Lipinski definition) is 2. The number of nitrogens with zero attached hydrogens (tertiary/aromatic N) is 1. The number of methoxy groups -OCH3 is 1. The van der Waals surface area contributed by atoms with Crippen molar-refractivity contribution in [3.05, 3.63) is 83.6 Å². The zero-order valence-corrected chi connectivity index (χ0v) is 17.7. The summed E-state index contributed by atoms with van der Waals surface area (Å²) in [6.45, 7) is 4.36. The number of aryl methyl sites for hydroxylation is 2. The molecule has 4 aromatic rings. The first-order chi connectivity index (χ1) is 15.0. The number of benzene rings is 3. The lowest BCUT2D eigenvalue weighted by atomic mass is 10.1. The SMILES string of the molecule is COc1cccc(COc2ccc(-c3[nH]ncc3Oc3cc(C)ccc3C)c(O)c2)c1. The molecule has 0 unspecified atom stereocenters. The maximum Gasteiger partial charge on any atom is 0.173 e. The lowest BCUT2D eigenvalue weighted by molar-refractivity contribution is 0.303. The maximum atomic E-state index is 10.6. The molecule has 6 nitrogen and oxygen atoms in total. The van der Waals surface area contributed by atoms with Crippen LogP contribution in [0.5, 0.6) is 28.7 Å². The zero-order valence-electron chi connectivity index (χ0n) is 17.7. The van der Waals surface area contributed by atoms with E-state index >= 15 is 0 Å². The molecule has 3 aromatic carbocycles. The van der Waals surface area contributed by atoms with Crippen LogP contribution >= 0.6 is 0 Å². The Bertz CT molecular complexity index is 1200. The van der Waals surface area contributed by atoms with Crippen LogP contribution in [0, 0.1) is 13.8 Å². The number of aromatic amines is 1. The van der Waals surface area contributed by atoms with Gasteiger partial charge in [0.05, 0.1) is 13.3 Å². The minimum atomic E-state index is 0.0678.